The minimum atomic E-state index is -4.90. The number of halogens is 5. The summed E-state index contributed by atoms with van der Waals surface area (Å²) in [6.45, 7) is 5.67. The summed E-state index contributed by atoms with van der Waals surface area (Å²) in [6.07, 6.45) is -5.13. The van der Waals surface area contributed by atoms with Crippen LogP contribution in [0.4, 0.5) is 27.6 Å². The van der Waals surface area contributed by atoms with E-state index in [2.05, 4.69) is 16.9 Å². The van der Waals surface area contributed by atoms with E-state index in [1.54, 1.807) is 16.9 Å². The van der Waals surface area contributed by atoms with Crippen molar-refractivity contribution in [2.75, 3.05) is 63.6 Å². The van der Waals surface area contributed by atoms with Gasteiger partial charge in [0, 0.05) is 85.8 Å². The summed E-state index contributed by atoms with van der Waals surface area (Å²) in [5, 5.41) is 14.6. The summed E-state index contributed by atoms with van der Waals surface area (Å²) in [6, 6.07) is 3.14. The number of rotatable bonds is 6. The number of alkyl halides is 3. The first-order valence-corrected chi connectivity index (χ1v) is 14.3. The normalized spacial score (nSPS) is 20.6. The third-order valence-corrected chi connectivity index (χ3v) is 8.71. The number of amidine groups is 1. The summed E-state index contributed by atoms with van der Waals surface area (Å²) < 4.78 is 78.3. The molecular formula is C28H30F5N5O3S. The smallest absolute Gasteiger partial charge is 0.383 e. The maximum atomic E-state index is 15.2. The molecule has 1 amide bonds. The number of amides is 1. The minimum absolute atomic E-state index is 0.119. The van der Waals surface area contributed by atoms with E-state index in [0.717, 1.165) is 30.0 Å². The van der Waals surface area contributed by atoms with Crippen LogP contribution in [-0.2, 0) is 15.7 Å². The number of hydrogen-bond acceptors (Lipinski definition) is 8. The fourth-order valence-electron chi connectivity index (χ4n) is 5.46. The Labute approximate surface area is 243 Å². The van der Waals surface area contributed by atoms with Gasteiger partial charge in [-0.1, -0.05) is 6.58 Å². The second-order valence-electron chi connectivity index (χ2n) is 10.1. The predicted octanol–water partition coefficient (Wildman–Crippen LogP) is 3.53. The lowest BCUT2D eigenvalue weighted by Gasteiger charge is -2.42. The summed E-state index contributed by atoms with van der Waals surface area (Å²) >= 11 is 1.11. The molecule has 0 saturated carbocycles. The zero-order valence-corrected chi connectivity index (χ0v) is 23.6. The molecule has 0 bridgehead atoms. The quantitative estimate of drug-likeness (QED) is 0.294. The molecule has 0 radical (unpaired) electrons. The molecule has 5 rings (SSSR count). The highest BCUT2D eigenvalue weighted by atomic mass is 32.2. The van der Waals surface area contributed by atoms with Gasteiger partial charge in [0.05, 0.1) is 17.9 Å². The molecule has 3 aliphatic rings. The zero-order valence-electron chi connectivity index (χ0n) is 22.8. The molecule has 0 spiro atoms. The number of piperazine rings is 1. The molecule has 2 unspecified atom stereocenters. The van der Waals surface area contributed by atoms with Crippen molar-refractivity contribution in [1.29, 1.82) is 0 Å². The fourth-order valence-corrected chi connectivity index (χ4v) is 6.78. The van der Waals surface area contributed by atoms with Crippen molar-refractivity contribution in [3.63, 3.8) is 0 Å². The third kappa shape index (κ3) is 5.85. The molecule has 226 valence electrons. The van der Waals surface area contributed by atoms with E-state index >= 15 is 4.39 Å². The van der Waals surface area contributed by atoms with Gasteiger partial charge in [-0.25, -0.2) is 13.8 Å². The Morgan fingerprint density at radius 3 is 2.60 bits per heavy atom. The molecule has 0 aromatic heterocycles. The van der Waals surface area contributed by atoms with Gasteiger partial charge < -0.3 is 29.9 Å². The summed E-state index contributed by atoms with van der Waals surface area (Å²) in [4.78, 5) is 21.5. The van der Waals surface area contributed by atoms with Crippen LogP contribution in [0.5, 0.6) is 0 Å². The van der Waals surface area contributed by atoms with Gasteiger partial charge in [0.15, 0.2) is 0 Å². The fraction of sp³-hybridized carbons (Fsp3) is 0.429. The van der Waals surface area contributed by atoms with E-state index in [1.165, 1.54) is 11.0 Å². The van der Waals surface area contributed by atoms with Crippen LogP contribution in [0.25, 0.3) is 11.1 Å². The van der Waals surface area contributed by atoms with E-state index in [0.29, 0.717) is 30.7 Å². The summed E-state index contributed by atoms with van der Waals surface area (Å²) in [5.74, 6) is -1.84. The first-order valence-electron chi connectivity index (χ1n) is 13.3. The molecule has 2 N–H and O–H groups in total. The standard InChI is InChI=1S/C28H30F5N5O3S/c1-3-22(39)36-7-9-37(10-8-36)26-19-13-20(28(31,32)33)23(18-5-4-16(29)12-21(18)30)25-24(19)38(27(40)35-26)14-17(15-42-25)34-6-11-41-2/h3-5,12-13,17,27,34,40H,1,6-11,14-15H2,2H3. The van der Waals surface area contributed by atoms with Crippen molar-refractivity contribution in [2.45, 2.75) is 23.5 Å². The van der Waals surface area contributed by atoms with Crippen molar-refractivity contribution in [3.8, 4) is 11.1 Å². The number of hydrogen-bond donors (Lipinski definition) is 2. The van der Waals surface area contributed by atoms with Crippen LogP contribution >= 0.6 is 11.8 Å². The van der Waals surface area contributed by atoms with Gasteiger partial charge in [-0.3, -0.25) is 4.79 Å². The second kappa shape index (κ2) is 12.2. The monoisotopic (exact) mass is 611 g/mol. The van der Waals surface area contributed by atoms with Gasteiger partial charge in [-0.2, -0.15) is 13.2 Å². The lowest BCUT2D eigenvalue weighted by atomic mass is 9.93. The Hall–Kier alpha value is -3.20. The number of carbonyl (C=O) groups excluding carboxylic acids is 1. The number of nitrogens with zero attached hydrogens (tertiary/aromatic N) is 4. The van der Waals surface area contributed by atoms with E-state index in [-0.39, 0.29) is 61.0 Å². The molecule has 3 aliphatic heterocycles. The lowest BCUT2D eigenvalue weighted by molar-refractivity contribution is -0.137. The number of methoxy groups -OCH3 is 1. The minimum Gasteiger partial charge on any atom is -0.383 e. The number of thioether (sulfide) groups is 1. The van der Waals surface area contributed by atoms with Gasteiger partial charge in [0.1, 0.15) is 17.5 Å². The van der Waals surface area contributed by atoms with Crippen LogP contribution in [0.1, 0.15) is 11.1 Å². The number of aliphatic imine (C=N–C) groups is 1. The molecule has 1 fully saturated rings. The number of nitrogens with one attached hydrogen (secondary N) is 1. The van der Waals surface area contributed by atoms with Gasteiger partial charge in [0.2, 0.25) is 12.3 Å². The lowest BCUT2D eigenvalue weighted by Crippen LogP contribution is -2.53. The van der Waals surface area contributed by atoms with Gasteiger partial charge >= 0.3 is 6.18 Å². The molecule has 8 nitrogen and oxygen atoms in total. The highest BCUT2D eigenvalue weighted by molar-refractivity contribution is 7.99. The Balaban J connectivity index is 1.68. The van der Waals surface area contributed by atoms with Crippen molar-refractivity contribution in [2.24, 2.45) is 4.99 Å². The summed E-state index contributed by atoms with van der Waals surface area (Å²) in [7, 11) is 1.55. The van der Waals surface area contributed by atoms with Crippen molar-refractivity contribution >= 4 is 29.2 Å². The van der Waals surface area contributed by atoms with Gasteiger partial charge in [0.25, 0.3) is 0 Å². The topological polar surface area (TPSA) is 80.6 Å². The van der Waals surface area contributed by atoms with E-state index < -0.39 is 40.9 Å². The van der Waals surface area contributed by atoms with Crippen LogP contribution in [0.2, 0.25) is 0 Å². The highest BCUT2D eigenvalue weighted by Crippen LogP contribution is 2.51. The largest absolute Gasteiger partial charge is 0.417 e. The van der Waals surface area contributed by atoms with Crippen LogP contribution < -0.4 is 10.2 Å². The number of benzene rings is 2. The Bertz CT molecular complexity index is 1400. The first-order chi connectivity index (χ1) is 20.0. The molecule has 0 aliphatic carbocycles. The van der Waals surface area contributed by atoms with Crippen molar-refractivity contribution in [3.05, 3.63) is 59.7 Å². The predicted molar refractivity (Wildman–Crippen MR) is 149 cm³/mol. The van der Waals surface area contributed by atoms with Gasteiger partial charge in [-0.15, -0.1) is 11.8 Å². The molecular weight excluding hydrogens is 581 g/mol. The maximum Gasteiger partial charge on any atom is 0.417 e. The molecule has 14 heteroatoms. The summed E-state index contributed by atoms with van der Waals surface area (Å²) in [5.41, 5.74) is -1.46. The third-order valence-electron chi connectivity index (χ3n) is 7.46. The second-order valence-corrected chi connectivity index (χ2v) is 11.1. The zero-order chi connectivity index (χ0) is 30.2. The number of anilines is 1. The van der Waals surface area contributed by atoms with Gasteiger partial charge in [-0.05, 0) is 24.3 Å². The number of aliphatic hydroxyl groups is 1. The first kappa shape index (κ1) is 30.3. The molecule has 2 aromatic carbocycles. The van der Waals surface area contributed by atoms with E-state index in [1.807, 2.05) is 0 Å². The average molecular weight is 612 g/mol. The average Bonchev–Trinajstić information content (AvgIpc) is 3.15. The van der Waals surface area contributed by atoms with Crippen LogP contribution in [0, 0.1) is 11.6 Å². The molecule has 1 saturated heterocycles. The number of ether oxygens (including phenoxy) is 1. The van der Waals surface area contributed by atoms with Crippen molar-refractivity contribution in [1.82, 2.24) is 15.1 Å². The Morgan fingerprint density at radius 2 is 1.95 bits per heavy atom. The number of carbonyl (C=O) groups is 1. The highest BCUT2D eigenvalue weighted by Gasteiger charge is 2.43. The van der Waals surface area contributed by atoms with E-state index in [4.69, 9.17) is 4.74 Å². The Kier molecular flexibility index (Phi) is 8.78. The van der Waals surface area contributed by atoms with Crippen LogP contribution in [0.15, 0.2) is 46.8 Å². The van der Waals surface area contributed by atoms with Crippen LogP contribution in [-0.4, -0.2) is 97.8 Å². The number of aliphatic hydroxyl groups excluding tert-OH is 1. The molecule has 42 heavy (non-hydrogen) atoms. The molecule has 2 atom stereocenters. The van der Waals surface area contributed by atoms with E-state index in [9.17, 15) is 27.5 Å². The molecule has 2 aromatic rings. The SMILES string of the molecule is C=CC(=O)N1CCN(C2=NC(O)N3CC(NCCOC)CSc4c(-c5ccc(F)cc5F)c(C(F)(F)F)cc2c43)CC1. The van der Waals surface area contributed by atoms with Crippen LogP contribution in [0.3, 0.4) is 0 Å². The maximum absolute atomic E-state index is 15.2. The Morgan fingerprint density at radius 1 is 1.21 bits per heavy atom. The molecule has 3 heterocycles. The van der Waals surface area contributed by atoms with Crippen molar-refractivity contribution < 1.29 is 36.6 Å².